The smallest absolute Gasteiger partial charge is 0.297 e. The molecule has 0 amide bonds. The quantitative estimate of drug-likeness (QED) is 0.674. The van der Waals surface area contributed by atoms with Gasteiger partial charge in [0.05, 0.1) is 10.8 Å². The average molecular weight is 347 g/mol. The molecule has 1 unspecified atom stereocenters. The second kappa shape index (κ2) is 7.04. The van der Waals surface area contributed by atoms with E-state index in [1.165, 1.54) is 0 Å². The summed E-state index contributed by atoms with van der Waals surface area (Å²) in [5.74, 6) is 0.265. The van der Waals surface area contributed by atoms with E-state index in [-0.39, 0.29) is 16.5 Å². The van der Waals surface area contributed by atoms with Gasteiger partial charge < -0.3 is 10.2 Å². The van der Waals surface area contributed by atoms with Crippen LogP contribution in [0.1, 0.15) is 29.9 Å². The number of nitrogens with zero attached hydrogens (tertiary/aromatic N) is 2. The van der Waals surface area contributed by atoms with E-state index in [0.717, 1.165) is 42.8 Å². The van der Waals surface area contributed by atoms with Gasteiger partial charge in [0.25, 0.3) is 5.70 Å². The van der Waals surface area contributed by atoms with Crippen molar-refractivity contribution in [2.75, 3.05) is 13.1 Å². The van der Waals surface area contributed by atoms with Crippen molar-refractivity contribution < 1.29 is 4.92 Å². The molecule has 0 aliphatic carbocycles. The summed E-state index contributed by atoms with van der Waals surface area (Å²) in [5.41, 5.74) is 3.29. The van der Waals surface area contributed by atoms with E-state index in [9.17, 15) is 10.1 Å². The first kappa shape index (κ1) is 16.4. The van der Waals surface area contributed by atoms with Crippen molar-refractivity contribution in [1.29, 1.82) is 0 Å². The molecule has 4 rings (SSSR count). The molecule has 132 valence electrons. The van der Waals surface area contributed by atoms with Crippen LogP contribution in [0.3, 0.4) is 0 Å². The maximum Gasteiger partial charge on any atom is 0.297 e. The predicted octanol–water partition coefficient (Wildman–Crippen LogP) is 3.96. The number of benzene rings is 2. The van der Waals surface area contributed by atoms with Gasteiger partial charge in [-0.1, -0.05) is 60.7 Å². The number of nitro groups is 1. The lowest BCUT2D eigenvalue weighted by Gasteiger charge is -2.33. The second-order valence-corrected chi connectivity index (χ2v) is 6.58. The highest BCUT2D eigenvalue weighted by Crippen LogP contribution is 2.40. The van der Waals surface area contributed by atoms with Crippen molar-refractivity contribution in [3.63, 3.8) is 0 Å². The molecular formula is C21H21N3O2. The van der Waals surface area contributed by atoms with E-state index in [1.54, 1.807) is 0 Å². The van der Waals surface area contributed by atoms with E-state index in [1.807, 2.05) is 54.6 Å². The number of allylic oxidation sites excluding steroid dienone is 1. The SMILES string of the molecule is O=[N+]([O-])C1=C2NCCCCN2C(c2ccccc2)=CC1c1ccccc1. The molecule has 2 aromatic carbocycles. The van der Waals surface area contributed by atoms with Gasteiger partial charge in [-0.2, -0.15) is 0 Å². The van der Waals surface area contributed by atoms with E-state index >= 15 is 0 Å². The minimum atomic E-state index is -0.377. The van der Waals surface area contributed by atoms with Crippen LogP contribution in [0.25, 0.3) is 5.70 Å². The molecule has 2 aromatic rings. The Morgan fingerprint density at radius 2 is 1.69 bits per heavy atom. The third-order valence-corrected chi connectivity index (χ3v) is 4.95. The monoisotopic (exact) mass is 347 g/mol. The number of rotatable bonds is 3. The van der Waals surface area contributed by atoms with Gasteiger partial charge in [-0.15, -0.1) is 0 Å². The maximum absolute atomic E-state index is 12.0. The Morgan fingerprint density at radius 1 is 1.00 bits per heavy atom. The van der Waals surface area contributed by atoms with Gasteiger partial charge >= 0.3 is 0 Å². The lowest BCUT2D eigenvalue weighted by Crippen LogP contribution is -2.36. The third kappa shape index (κ3) is 2.96. The van der Waals surface area contributed by atoms with Gasteiger partial charge in [0.2, 0.25) is 0 Å². The Kier molecular flexibility index (Phi) is 4.44. The molecule has 1 saturated heterocycles. The summed E-state index contributed by atoms with van der Waals surface area (Å²) in [6, 6.07) is 19.8. The maximum atomic E-state index is 12.0. The Morgan fingerprint density at radius 3 is 2.38 bits per heavy atom. The molecule has 1 atom stereocenters. The van der Waals surface area contributed by atoms with Crippen LogP contribution in [0.15, 0.2) is 78.3 Å². The van der Waals surface area contributed by atoms with Crippen LogP contribution >= 0.6 is 0 Å². The standard InChI is InChI=1S/C21H21N3O2/c25-24(26)20-18(16-9-3-1-4-10-16)15-19(17-11-5-2-6-12-17)23-14-8-7-13-22-21(20)23/h1-6,9-12,15,18,22H,7-8,13-14H2. The normalized spacial score (nSPS) is 19.9. The van der Waals surface area contributed by atoms with E-state index in [2.05, 4.69) is 22.3 Å². The molecule has 5 nitrogen and oxygen atoms in total. The number of fused-ring (bicyclic) bond motifs is 1. The zero-order valence-corrected chi connectivity index (χ0v) is 14.5. The Balaban J connectivity index is 1.91. The summed E-state index contributed by atoms with van der Waals surface area (Å²) in [6.45, 7) is 1.54. The molecule has 26 heavy (non-hydrogen) atoms. The van der Waals surface area contributed by atoms with E-state index in [4.69, 9.17) is 0 Å². The van der Waals surface area contributed by atoms with Crippen LogP contribution in [-0.4, -0.2) is 22.9 Å². The number of hydrogen-bond acceptors (Lipinski definition) is 4. The van der Waals surface area contributed by atoms with Crippen LogP contribution in [0.4, 0.5) is 0 Å². The largest absolute Gasteiger partial charge is 0.366 e. The lowest BCUT2D eigenvalue weighted by atomic mass is 9.90. The van der Waals surface area contributed by atoms with E-state index in [0.29, 0.717) is 5.82 Å². The summed E-state index contributed by atoms with van der Waals surface area (Å²) in [5, 5.41) is 15.3. The first-order valence-corrected chi connectivity index (χ1v) is 8.98. The fourth-order valence-electron chi connectivity index (χ4n) is 3.73. The molecule has 1 N–H and O–H groups in total. The van der Waals surface area contributed by atoms with Crippen molar-refractivity contribution in [3.8, 4) is 0 Å². The molecule has 5 heteroatoms. The van der Waals surface area contributed by atoms with Gasteiger partial charge in [0.15, 0.2) is 5.82 Å². The van der Waals surface area contributed by atoms with Crippen molar-refractivity contribution in [1.82, 2.24) is 10.2 Å². The zero-order valence-electron chi connectivity index (χ0n) is 14.5. The summed E-state index contributed by atoms with van der Waals surface area (Å²) in [7, 11) is 0. The minimum absolute atomic E-state index is 0.226. The fraction of sp³-hybridized carbons (Fsp3) is 0.238. The Bertz CT molecular complexity index is 859. The van der Waals surface area contributed by atoms with Crippen molar-refractivity contribution in [2.45, 2.75) is 18.8 Å². The molecule has 0 saturated carbocycles. The van der Waals surface area contributed by atoms with Gasteiger partial charge in [0.1, 0.15) is 0 Å². The molecular weight excluding hydrogens is 326 g/mol. The Labute approximate surface area is 152 Å². The molecule has 0 bridgehead atoms. The summed E-state index contributed by atoms with van der Waals surface area (Å²) >= 11 is 0. The lowest BCUT2D eigenvalue weighted by molar-refractivity contribution is -0.431. The highest BCUT2D eigenvalue weighted by molar-refractivity contribution is 5.69. The third-order valence-electron chi connectivity index (χ3n) is 4.95. The molecule has 0 aromatic heterocycles. The van der Waals surface area contributed by atoms with E-state index < -0.39 is 0 Å². The molecule has 0 radical (unpaired) electrons. The molecule has 0 spiro atoms. The van der Waals surface area contributed by atoms with Crippen LogP contribution in [0.5, 0.6) is 0 Å². The van der Waals surface area contributed by atoms with Gasteiger partial charge in [-0.3, -0.25) is 10.1 Å². The number of nitrogens with one attached hydrogen (secondary N) is 1. The predicted molar refractivity (Wildman–Crippen MR) is 102 cm³/mol. The molecule has 2 aliphatic rings. The van der Waals surface area contributed by atoms with Crippen LogP contribution in [0.2, 0.25) is 0 Å². The molecule has 2 heterocycles. The van der Waals surface area contributed by atoms with Crippen LogP contribution < -0.4 is 5.32 Å². The second-order valence-electron chi connectivity index (χ2n) is 6.58. The topological polar surface area (TPSA) is 58.4 Å². The van der Waals surface area contributed by atoms with Crippen LogP contribution in [0, 0.1) is 10.1 Å². The highest BCUT2D eigenvalue weighted by Gasteiger charge is 2.38. The van der Waals surface area contributed by atoms with Crippen molar-refractivity contribution in [2.24, 2.45) is 0 Å². The van der Waals surface area contributed by atoms with Crippen molar-refractivity contribution in [3.05, 3.63) is 99.5 Å². The summed E-state index contributed by atoms with van der Waals surface area (Å²) in [4.78, 5) is 13.9. The zero-order chi connectivity index (χ0) is 17.9. The highest BCUT2D eigenvalue weighted by atomic mass is 16.6. The van der Waals surface area contributed by atoms with Gasteiger partial charge in [0, 0.05) is 18.8 Å². The van der Waals surface area contributed by atoms with Gasteiger partial charge in [-0.25, -0.2) is 0 Å². The first-order valence-electron chi connectivity index (χ1n) is 8.98. The van der Waals surface area contributed by atoms with Crippen molar-refractivity contribution >= 4 is 5.70 Å². The molecule has 2 aliphatic heterocycles. The van der Waals surface area contributed by atoms with Crippen LogP contribution in [-0.2, 0) is 0 Å². The summed E-state index contributed by atoms with van der Waals surface area (Å²) < 4.78 is 0. The Hall–Kier alpha value is -3.08. The molecule has 1 fully saturated rings. The summed E-state index contributed by atoms with van der Waals surface area (Å²) in [6.07, 6.45) is 4.05. The fourth-order valence-corrected chi connectivity index (χ4v) is 3.73. The average Bonchev–Trinajstić information content (AvgIpc) is 2.94. The number of hydrogen-bond donors (Lipinski definition) is 1. The first-order chi connectivity index (χ1) is 12.8. The van der Waals surface area contributed by atoms with Gasteiger partial charge in [-0.05, 0) is 30.0 Å². The minimum Gasteiger partial charge on any atom is -0.366 e.